The highest BCUT2D eigenvalue weighted by atomic mass is 16.1. The van der Waals surface area contributed by atoms with E-state index in [1.54, 1.807) is 12.3 Å². The molecule has 0 aliphatic carbocycles. The summed E-state index contributed by atoms with van der Waals surface area (Å²) in [6.07, 6.45) is 6.26. The molecule has 1 fully saturated rings. The van der Waals surface area contributed by atoms with Crippen LogP contribution in [-0.4, -0.2) is 27.7 Å². The number of nitrogens with one attached hydrogen (secondary N) is 2. The van der Waals surface area contributed by atoms with Crippen molar-refractivity contribution in [1.29, 1.82) is 0 Å². The van der Waals surface area contributed by atoms with Crippen molar-refractivity contribution in [2.24, 2.45) is 5.92 Å². The SMILES string of the molecule is O=c1cc(CCC2CCNCC2)nc2cc[nH]n12. The first kappa shape index (κ1) is 11.5. The first-order valence-electron chi connectivity index (χ1n) is 6.60. The summed E-state index contributed by atoms with van der Waals surface area (Å²) in [4.78, 5) is 16.3. The average molecular weight is 246 g/mol. The average Bonchev–Trinajstić information content (AvgIpc) is 2.86. The van der Waals surface area contributed by atoms with Gasteiger partial charge in [0.15, 0.2) is 5.65 Å². The maximum absolute atomic E-state index is 11.8. The summed E-state index contributed by atoms with van der Waals surface area (Å²) >= 11 is 0. The first-order chi connectivity index (χ1) is 8.83. The quantitative estimate of drug-likeness (QED) is 0.847. The monoisotopic (exact) mass is 246 g/mol. The van der Waals surface area contributed by atoms with Gasteiger partial charge in [0.05, 0.1) is 0 Å². The minimum absolute atomic E-state index is 0.0229. The Morgan fingerprint density at radius 3 is 3.06 bits per heavy atom. The van der Waals surface area contributed by atoms with Crippen LogP contribution in [0.2, 0.25) is 0 Å². The molecule has 0 unspecified atom stereocenters. The van der Waals surface area contributed by atoms with Gasteiger partial charge in [0.2, 0.25) is 0 Å². The van der Waals surface area contributed by atoms with Crippen LogP contribution >= 0.6 is 0 Å². The first-order valence-corrected chi connectivity index (χ1v) is 6.60. The zero-order valence-corrected chi connectivity index (χ0v) is 10.4. The van der Waals surface area contributed by atoms with Gasteiger partial charge in [-0.1, -0.05) is 0 Å². The van der Waals surface area contributed by atoms with Gasteiger partial charge < -0.3 is 5.32 Å². The molecule has 3 rings (SSSR count). The molecule has 96 valence electrons. The largest absolute Gasteiger partial charge is 0.317 e. The normalized spacial score (nSPS) is 17.3. The van der Waals surface area contributed by atoms with Gasteiger partial charge in [-0.3, -0.25) is 9.89 Å². The molecule has 0 amide bonds. The van der Waals surface area contributed by atoms with Gasteiger partial charge in [0.25, 0.3) is 5.56 Å². The van der Waals surface area contributed by atoms with E-state index in [1.807, 2.05) is 6.07 Å². The fourth-order valence-electron chi connectivity index (χ4n) is 2.63. The van der Waals surface area contributed by atoms with Crippen molar-refractivity contribution < 1.29 is 0 Å². The third kappa shape index (κ3) is 2.31. The number of rotatable bonds is 3. The minimum Gasteiger partial charge on any atom is -0.317 e. The Morgan fingerprint density at radius 1 is 1.39 bits per heavy atom. The van der Waals surface area contributed by atoms with E-state index in [-0.39, 0.29) is 5.56 Å². The number of aryl methyl sites for hydroxylation is 1. The second-order valence-corrected chi connectivity index (χ2v) is 4.97. The summed E-state index contributed by atoms with van der Waals surface area (Å²) in [5.41, 5.74) is 1.60. The topological polar surface area (TPSA) is 62.2 Å². The Labute approximate surface area is 105 Å². The smallest absolute Gasteiger partial charge is 0.272 e. The number of hydrogen-bond acceptors (Lipinski definition) is 3. The lowest BCUT2D eigenvalue weighted by Gasteiger charge is -2.22. The Hall–Kier alpha value is -1.62. The van der Waals surface area contributed by atoms with Crippen LogP contribution in [0.5, 0.6) is 0 Å². The van der Waals surface area contributed by atoms with Gasteiger partial charge >= 0.3 is 0 Å². The van der Waals surface area contributed by atoms with Crippen LogP contribution in [0.25, 0.3) is 5.65 Å². The fourth-order valence-corrected chi connectivity index (χ4v) is 2.63. The molecule has 0 radical (unpaired) electrons. The molecule has 1 aliphatic heterocycles. The highest BCUT2D eigenvalue weighted by Crippen LogP contribution is 2.17. The summed E-state index contributed by atoms with van der Waals surface area (Å²) in [5, 5.41) is 6.22. The molecule has 2 aromatic rings. The second-order valence-electron chi connectivity index (χ2n) is 4.97. The van der Waals surface area contributed by atoms with Crippen molar-refractivity contribution >= 4 is 5.65 Å². The molecule has 2 aromatic heterocycles. The van der Waals surface area contributed by atoms with Gasteiger partial charge in [-0.2, -0.15) is 0 Å². The lowest BCUT2D eigenvalue weighted by Crippen LogP contribution is -2.28. The highest BCUT2D eigenvalue weighted by Gasteiger charge is 2.13. The van der Waals surface area contributed by atoms with E-state index >= 15 is 0 Å². The van der Waals surface area contributed by atoms with E-state index in [9.17, 15) is 4.79 Å². The third-order valence-electron chi connectivity index (χ3n) is 3.70. The number of fused-ring (bicyclic) bond motifs is 1. The molecular formula is C13H18N4O. The van der Waals surface area contributed by atoms with Crippen LogP contribution in [0.3, 0.4) is 0 Å². The Kier molecular flexibility index (Phi) is 3.15. The molecule has 1 saturated heterocycles. The molecule has 18 heavy (non-hydrogen) atoms. The van der Waals surface area contributed by atoms with E-state index in [0.717, 1.165) is 37.5 Å². The number of piperidine rings is 1. The minimum atomic E-state index is -0.0229. The van der Waals surface area contributed by atoms with Crippen LogP contribution in [0.1, 0.15) is 25.0 Å². The molecule has 5 nitrogen and oxygen atoms in total. The van der Waals surface area contributed by atoms with Gasteiger partial charge in [0.1, 0.15) is 0 Å². The van der Waals surface area contributed by atoms with E-state index in [0.29, 0.717) is 5.65 Å². The van der Waals surface area contributed by atoms with Crippen molar-refractivity contribution in [1.82, 2.24) is 19.9 Å². The molecule has 3 heterocycles. The standard InChI is InChI=1S/C13H18N4O/c18-13-9-11(16-12-5-8-15-17(12)13)2-1-10-3-6-14-7-4-10/h5,8-10,14-15H,1-4,6-7H2. The molecule has 1 aliphatic rings. The van der Waals surface area contributed by atoms with Crippen LogP contribution in [-0.2, 0) is 6.42 Å². The number of aromatic amines is 1. The van der Waals surface area contributed by atoms with Crippen molar-refractivity contribution in [2.45, 2.75) is 25.7 Å². The molecule has 0 aromatic carbocycles. The van der Waals surface area contributed by atoms with Gasteiger partial charge in [-0.25, -0.2) is 9.50 Å². The summed E-state index contributed by atoms with van der Waals surface area (Å²) in [5.74, 6) is 0.776. The Morgan fingerprint density at radius 2 is 2.22 bits per heavy atom. The zero-order chi connectivity index (χ0) is 12.4. The van der Waals surface area contributed by atoms with Gasteiger partial charge in [-0.05, 0) is 44.7 Å². The summed E-state index contributed by atoms with van der Waals surface area (Å²) < 4.78 is 1.47. The maximum atomic E-state index is 11.8. The fraction of sp³-hybridized carbons (Fsp3) is 0.538. The predicted molar refractivity (Wildman–Crippen MR) is 69.7 cm³/mol. The van der Waals surface area contributed by atoms with Crippen molar-refractivity contribution in [2.75, 3.05) is 13.1 Å². The predicted octanol–water partition coefficient (Wildman–Crippen LogP) is 0.955. The molecular weight excluding hydrogens is 228 g/mol. The zero-order valence-electron chi connectivity index (χ0n) is 10.4. The maximum Gasteiger partial charge on any atom is 0.272 e. The molecule has 0 bridgehead atoms. The van der Waals surface area contributed by atoms with E-state index in [2.05, 4.69) is 15.4 Å². The van der Waals surface area contributed by atoms with E-state index in [4.69, 9.17) is 0 Å². The second kappa shape index (κ2) is 4.94. The number of aromatic nitrogens is 3. The molecule has 2 N–H and O–H groups in total. The molecule has 5 heteroatoms. The van der Waals surface area contributed by atoms with Crippen molar-refractivity contribution in [3.8, 4) is 0 Å². The van der Waals surface area contributed by atoms with Gasteiger partial charge in [0, 0.05) is 24.0 Å². The Balaban J connectivity index is 1.72. The van der Waals surface area contributed by atoms with Crippen LogP contribution in [0, 0.1) is 5.92 Å². The van der Waals surface area contributed by atoms with Crippen molar-refractivity contribution in [3.63, 3.8) is 0 Å². The number of H-pyrrole nitrogens is 1. The number of hydrogen-bond donors (Lipinski definition) is 2. The molecule has 0 saturated carbocycles. The van der Waals surface area contributed by atoms with Crippen LogP contribution < -0.4 is 10.9 Å². The van der Waals surface area contributed by atoms with Crippen LogP contribution in [0.15, 0.2) is 23.1 Å². The van der Waals surface area contributed by atoms with E-state index < -0.39 is 0 Å². The van der Waals surface area contributed by atoms with Crippen molar-refractivity contribution in [3.05, 3.63) is 34.4 Å². The van der Waals surface area contributed by atoms with Gasteiger partial charge in [-0.15, -0.1) is 0 Å². The van der Waals surface area contributed by atoms with E-state index in [1.165, 1.54) is 17.4 Å². The Bertz CT molecular complexity index is 580. The molecule has 0 atom stereocenters. The highest BCUT2D eigenvalue weighted by molar-refractivity contribution is 5.36. The lowest BCUT2D eigenvalue weighted by molar-refractivity contribution is 0.353. The summed E-state index contributed by atoms with van der Waals surface area (Å²) in [6, 6.07) is 3.47. The summed E-state index contributed by atoms with van der Waals surface area (Å²) in [7, 11) is 0. The number of nitrogens with zero attached hydrogens (tertiary/aromatic N) is 2. The third-order valence-corrected chi connectivity index (χ3v) is 3.70. The summed E-state index contributed by atoms with van der Waals surface area (Å²) in [6.45, 7) is 2.25. The molecule has 0 spiro atoms. The van der Waals surface area contributed by atoms with Crippen LogP contribution in [0.4, 0.5) is 0 Å². The lowest BCUT2D eigenvalue weighted by atomic mass is 9.92.